The molecule has 0 bridgehead atoms. The molecule has 0 amide bonds. The van der Waals surface area contributed by atoms with Gasteiger partial charge in [0.15, 0.2) is 0 Å². The van der Waals surface area contributed by atoms with Crippen LogP contribution in [0.2, 0.25) is 0 Å². The summed E-state index contributed by atoms with van der Waals surface area (Å²) in [5.41, 5.74) is 4.36. The van der Waals surface area contributed by atoms with Crippen molar-refractivity contribution in [1.29, 1.82) is 0 Å². The SMILES string of the molecule is [Ir].[c-]1ccc2ccccc2c1-n1c2ccccc2n2ccnc12.[c-]1cccc2ccc3cccnc3c12. The Kier molecular flexibility index (Phi) is 6.01. The molecule has 3 aromatic heterocycles. The van der Waals surface area contributed by atoms with Crippen molar-refractivity contribution in [1.82, 2.24) is 18.9 Å². The molecule has 0 spiro atoms. The zero-order valence-corrected chi connectivity index (χ0v) is 22.1. The number of para-hydroxylation sites is 2. The predicted octanol–water partition coefficient (Wildman–Crippen LogP) is 7.42. The van der Waals surface area contributed by atoms with Gasteiger partial charge in [-0.1, -0.05) is 54.2 Å². The molecule has 3 heterocycles. The van der Waals surface area contributed by atoms with Crippen molar-refractivity contribution in [2.24, 2.45) is 0 Å². The van der Waals surface area contributed by atoms with Gasteiger partial charge in [0.25, 0.3) is 0 Å². The van der Waals surface area contributed by atoms with Gasteiger partial charge in [-0.15, -0.1) is 51.9 Å². The van der Waals surface area contributed by atoms with Crippen LogP contribution in [-0.2, 0) is 20.1 Å². The summed E-state index contributed by atoms with van der Waals surface area (Å²) in [5.74, 6) is 0.911. The molecule has 0 fully saturated rings. The van der Waals surface area contributed by atoms with Gasteiger partial charge < -0.3 is 9.55 Å². The summed E-state index contributed by atoms with van der Waals surface area (Å²) in [6.07, 6.45) is 5.66. The number of pyridine rings is 1. The summed E-state index contributed by atoms with van der Waals surface area (Å²) in [5, 5.41) is 5.85. The molecule has 5 aromatic carbocycles. The summed E-state index contributed by atoms with van der Waals surface area (Å²) in [6, 6.07) is 41.7. The van der Waals surface area contributed by atoms with E-state index in [0.717, 1.165) is 33.4 Å². The summed E-state index contributed by atoms with van der Waals surface area (Å²) >= 11 is 0. The Labute approximate surface area is 227 Å². The first-order valence-corrected chi connectivity index (χ1v) is 11.8. The second kappa shape index (κ2) is 9.62. The van der Waals surface area contributed by atoms with E-state index in [9.17, 15) is 0 Å². The van der Waals surface area contributed by atoms with E-state index in [-0.39, 0.29) is 20.1 Å². The Bertz CT molecular complexity index is 1960. The minimum Gasteiger partial charge on any atom is -0.304 e. The molecule has 37 heavy (non-hydrogen) atoms. The van der Waals surface area contributed by atoms with Crippen LogP contribution in [0.5, 0.6) is 0 Å². The third-order valence-electron chi connectivity index (χ3n) is 6.53. The third-order valence-corrected chi connectivity index (χ3v) is 6.53. The van der Waals surface area contributed by atoms with Gasteiger partial charge in [-0.25, -0.2) is 4.98 Å². The van der Waals surface area contributed by atoms with Crippen molar-refractivity contribution in [2.45, 2.75) is 0 Å². The van der Waals surface area contributed by atoms with Crippen LogP contribution in [0, 0.1) is 12.1 Å². The molecule has 0 N–H and O–H groups in total. The number of hydrogen-bond donors (Lipinski definition) is 0. The van der Waals surface area contributed by atoms with Crippen molar-refractivity contribution in [3.63, 3.8) is 0 Å². The van der Waals surface area contributed by atoms with Crippen molar-refractivity contribution in [3.05, 3.63) is 134 Å². The summed E-state index contributed by atoms with van der Waals surface area (Å²) in [4.78, 5) is 8.92. The topological polar surface area (TPSA) is 35.1 Å². The fourth-order valence-electron chi connectivity index (χ4n) is 4.90. The fourth-order valence-corrected chi connectivity index (χ4v) is 4.90. The Morgan fingerprint density at radius 3 is 2.32 bits per heavy atom. The van der Waals surface area contributed by atoms with Gasteiger partial charge in [-0.05, 0) is 29.1 Å². The third kappa shape index (κ3) is 3.89. The van der Waals surface area contributed by atoms with E-state index in [1.807, 2.05) is 42.9 Å². The van der Waals surface area contributed by atoms with Gasteiger partial charge >= 0.3 is 0 Å². The van der Waals surface area contributed by atoms with Crippen LogP contribution in [0.15, 0.2) is 122 Å². The van der Waals surface area contributed by atoms with Gasteiger partial charge in [0.05, 0.1) is 11.0 Å². The number of aromatic nitrogens is 4. The van der Waals surface area contributed by atoms with Crippen molar-refractivity contribution in [3.8, 4) is 5.69 Å². The first-order valence-electron chi connectivity index (χ1n) is 11.8. The summed E-state index contributed by atoms with van der Waals surface area (Å²) in [6.45, 7) is 0. The van der Waals surface area contributed by atoms with E-state index in [0.29, 0.717) is 0 Å². The number of benzene rings is 5. The predicted molar refractivity (Wildman–Crippen MR) is 146 cm³/mol. The molecule has 0 saturated carbocycles. The normalized spacial score (nSPS) is 11.0. The minimum absolute atomic E-state index is 0. The smallest absolute Gasteiger partial charge is 0.217 e. The van der Waals surface area contributed by atoms with Crippen LogP contribution < -0.4 is 0 Å². The van der Waals surface area contributed by atoms with Gasteiger partial charge in [0.1, 0.15) is 0 Å². The van der Waals surface area contributed by atoms with Gasteiger partial charge in [-0.2, -0.15) is 18.2 Å². The number of fused-ring (bicyclic) bond motifs is 7. The van der Waals surface area contributed by atoms with E-state index in [1.165, 1.54) is 21.5 Å². The van der Waals surface area contributed by atoms with Gasteiger partial charge in [-0.3, -0.25) is 4.40 Å². The average Bonchev–Trinajstić information content (AvgIpc) is 3.54. The zero-order chi connectivity index (χ0) is 23.9. The summed E-state index contributed by atoms with van der Waals surface area (Å²) in [7, 11) is 0. The minimum atomic E-state index is 0. The number of nitrogens with zero attached hydrogens (tertiary/aromatic N) is 4. The van der Waals surface area contributed by atoms with Crippen molar-refractivity contribution >= 4 is 49.3 Å². The van der Waals surface area contributed by atoms with Crippen LogP contribution in [0.4, 0.5) is 0 Å². The Hall–Kier alpha value is -4.31. The first kappa shape index (κ1) is 23.1. The maximum atomic E-state index is 4.54. The van der Waals surface area contributed by atoms with Crippen LogP contribution >= 0.6 is 0 Å². The second-order valence-corrected chi connectivity index (χ2v) is 8.61. The quantitative estimate of drug-likeness (QED) is 0.137. The Morgan fingerprint density at radius 1 is 0.595 bits per heavy atom. The van der Waals surface area contributed by atoms with Crippen molar-refractivity contribution in [2.75, 3.05) is 0 Å². The molecule has 5 heteroatoms. The number of imidazole rings is 2. The molecular weight excluding hydrogens is 633 g/mol. The number of hydrogen-bond acceptors (Lipinski definition) is 2. The fraction of sp³-hybridized carbons (Fsp3) is 0. The van der Waals surface area contributed by atoms with Crippen LogP contribution in [0.25, 0.3) is 54.9 Å². The molecule has 0 aliphatic carbocycles. The number of rotatable bonds is 1. The van der Waals surface area contributed by atoms with E-state index in [4.69, 9.17) is 0 Å². The Morgan fingerprint density at radius 2 is 1.38 bits per heavy atom. The zero-order valence-electron chi connectivity index (χ0n) is 19.7. The molecule has 1 radical (unpaired) electrons. The molecule has 8 rings (SSSR count). The largest absolute Gasteiger partial charge is 0.304 e. The van der Waals surface area contributed by atoms with Gasteiger partial charge in [0, 0.05) is 38.7 Å². The molecule has 0 aliphatic rings. The van der Waals surface area contributed by atoms with Gasteiger partial charge in [0.2, 0.25) is 5.78 Å². The van der Waals surface area contributed by atoms with E-state index in [1.54, 1.807) is 0 Å². The molecule has 0 atom stereocenters. The molecular formula is C32H20IrN4-2. The monoisotopic (exact) mass is 653 g/mol. The summed E-state index contributed by atoms with van der Waals surface area (Å²) < 4.78 is 4.29. The average molecular weight is 653 g/mol. The van der Waals surface area contributed by atoms with E-state index >= 15 is 0 Å². The molecule has 179 valence electrons. The van der Waals surface area contributed by atoms with E-state index < -0.39 is 0 Å². The van der Waals surface area contributed by atoms with Crippen LogP contribution in [0.1, 0.15) is 0 Å². The van der Waals surface area contributed by atoms with Crippen molar-refractivity contribution < 1.29 is 20.1 Å². The standard InChI is InChI=1S/C19H12N3.C13H8N.Ir/c1-2-8-15-14(6-1)7-5-11-16(15)22-18-10-4-3-9-17(18)21-13-12-20-19(21)22;1-2-6-12-10(4-1)7-8-11-5-3-9-14-13(11)12;/h1-10,12-13H;1-5,7-9H;/q2*-1;. The maximum Gasteiger partial charge on any atom is 0.217 e. The first-order chi connectivity index (χ1) is 17.9. The molecule has 0 aliphatic heterocycles. The van der Waals surface area contributed by atoms with Crippen LogP contribution in [-0.4, -0.2) is 18.9 Å². The second-order valence-electron chi connectivity index (χ2n) is 8.61. The maximum absolute atomic E-state index is 4.54. The Balaban J connectivity index is 0.000000146. The van der Waals surface area contributed by atoms with E-state index in [2.05, 4.69) is 110 Å². The molecule has 0 saturated heterocycles. The van der Waals surface area contributed by atoms with Crippen LogP contribution in [0.3, 0.4) is 0 Å². The molecule has 4 nitrogen and oxygen atoms in total. The molecule has 0 unspecified atom stereocenters. The molecule has 8 aromatic rings.